The highest BCUT2D eigenvalue weighted by Crippen LogP contribution is 2.26. The third kappa shape index (κ3) is 3.51. The normalized spacial score (nSPS) is 15.8. The summed E-state index contributed by atoms with van der Waals surface area (Å²) in [5, 5.41) is 10.6. The number of anilines is 1. The van der Waals surface area contributed by atoms with E-state index in [1.807, 2.05) is 24.3 Å². The molecule has 1 aromatic heterocycles. The summed E-state index contributed by atoms with van der Waals surface area (Å²) in [5.74, 6) is 0.558. The third-order valence-corrected chi connectivity index (χ3v) is 4.37. The number of rotatable bonds is 3. The third-order valence-electron chi connectivity index (χ3n) is 4.05. The molecule has 5 nitrogen and oxygen atoms in total. The molecular formula is C17H19ClN2O3. The number of benzene rings is 1. The molecule has 0 bridgehead atoms. The molecule has 0 aliphatic carbocycles. The number of piperazine rings is 1. The van der Waals surface area contributed by atoms with E-state index in [2.05, 4.69) is 9.80 Å². The molecule has 0 radical (unpaired) electrons. The minimum absolute atomic E-state index is 0.288. The molecule has 3 rings (SSSR count). The first kappa shape index (κ1) is 15.9. The van der Waals surface area contributed by atoms with Crippen molar-refractivity contribution in [3.63, 3.8) is 0 Å². The van der Waals surface area contributed by atoms with E-state index in [4.69, 9.17) is 16.0 Å². The Hall–Kier alpha value is -1.98. The lowest BCUT2D eigenvalue weighted by Gasteiger charge is -2.36. The maximum Gasteiger partial charge on any atom is 0.227 e. The van der Waals surface area contributed by atoms with Crippen LogP contribution in [0.25, 0.3) is 0 Å². The zero-order valence-corrected chi connectivity index (χ0v) is 13.7. The van der Waals surface area contributed by atoms with Crippen LogP contribution < -0.4 is 10.3 Å². The van der Waals surface area contributed by atoms with Crippen molar-refractivity contribution in [2.45, 2.75) is 13.5 Å². The number of aryl methyl sites for hydroxylation is 1. The van der Waals surface area contributed by atoms with Crippen LogP contribution in [0, 0.1) is 6.92 Å². The lowest BCUT2D eigenvalue weighted by atomic mass is 10.2. The van der Waals surface area contributed by atoms with E-state index in [1.165, 1.54) is 6.07 Å². The van der Waals surface area contributed by atoms with E-state index in [9.17, 15) is 9.90 Å². The Bertz CT molecular complexity index is 752. The van der Waals surface area contributed by atoms with Gasteiger partial charge in [0, 0.05) is 32.2 Å². The van der Waals surface area contributed by atoms with Gasteiger partial charge in [-0.1, -0.05) is 23.7 Å². The Morgan fingerprint density at radius 2 is 1.91 bits per heavy atom. The van der Waals surface area contributed by atoms with Crippen molar-refractivity contribution in [3.05, 3.63) is 57.1 Å². The minimum Gasteiger partial charge on any atom is -0.502 e. The van der Waals surface area contributed by atoms with E-state index < -0.39 is 5.43 Å². The quantitative estimate of drug-likeness (QED) is 0.935. The molecule has 1 saturated heterocycles. The standard InChI is InChI=1S/C17H19ClN2O3/c1-12-10-15(21)17(22)16(23-12)11-19-6-8-20(9-7-19)14-5-3-2-4-13(14)18/h2-5,10,22H,6-9,11H2,1H3. The second-order valence-corrected chi connectivity index (χ2v) is 6.11. The van der Waals surface area contributed by atoms with Gasteiger partial charge >= 0.3 is 0 Å². The zero-order chi connectivity index (χ0) is 16.4. The van der Waals surface area contributed by atoms with Gasteiger partial charge in [-0.25, -0.2) is 0 Å². The lowest BCUT2D eigenvalue weighted by molar-refractivity contribution is 0.220. The molecule has 1 fully saturated rings. The van der Waals surface area contributed by atoms with Crippen molar-refractivity contribution >= 4 is 17.3 Å². The van der Waals surface area contributed by atoms with Crippen LogP contribution in [-0.4, -0.2) is 36.2 Å². The first-order valence-electron chi connectivity index (χ1n) is 7.59. The van der Waals surface area contributed by atoms with Crippen LogP contribution in [0.5, 0.6) is 5.75 Å². The van der Waals surface area contributed by atoms with Gasteiger partial charge in [0.25, 0.3) is 0 Å². The van der Waals surface area contributed by atoms with Crippen molar-refractivity contribution in [1.82, 2.24) is 4.90 Å². The molecule has 6 heteroatoms. The highest BCUT2D eigenvalue weighted by molar-refractivity contribution is 6.33. The molecule has 1 N–H and O–H groups in total. The summed E-state index contributed by atoms with van der Waals surface area (Å²) in [6.07, 6.45) is 0. The molecule has 0 atom stereocenters. The summed E-state index contributed by atoms with van der Waals surface area (Å²) < 4.78 is 5.50. The van der Waals surface area contributed by atoms with E-state index in [1.54, 1.807) is 6.92 Å². The van der Waals surface area contributed by atoms with Gasteiger partial charge in [0.05, 0.1) is 17.3 Å². The van der Waals surface area contributed by atoms with Crippen molar-refractivity contribution in [3.8, 4) is 5.75 Å². The number of hydrogen-bond acceptors (Lipinski definition) is 5. The maximum atomic E-state index is 11.6. The topological polar surface area (TPSA) is 56.9 Å². The van der Waals surface area contributed by atoms with Gasteiger partial charge in [-0.15, -0.1) is 0 Å². The van der Waals surface area contributed by atoms with Crippen molar-refractivity contribution in [1.29, 1.82) is 0 Å². The van der Waals surface area contributed by atoms with E-state index in [0.717, 1.165) is 36.9 Å². The van der Waals surface area contributed by atoms with Crippen LogP contribution in [0.2, 0.25) is 5.02 Å². The van der Waals surface area contributed by atoms with Crippen LogP contribution in [0.15, 0.2) is 39.5 Å². The molecule has 0 amide bonds. The fourth-order valence-electron chi connectivity index (χ4n) is 2.83. The molecular weight excluding hydrogens is 316 g/mol. The number of nitrogens with zero attached hydrogens (tertiary/aromatic N) is 2. The van der Waals surface area contributed by atoms with Gasteiger partial charge in [0.1, 0.15) is 5.76 Å². The van der Waals surface area contributed by atoms with Crippen LogP contribution >= 0.6 is 11.6 Å². The Balaban J connectivity index is 1.66. The average molecular weight is 335 g/mol. The minimum atomic E-state index is -0.390. The largest absolute Gasteiger partial charge is 0.502 e. The smallest absolute Gasteiger partial charge is 0.227 e. The molecule has 2 aromatic rings. The van der Waals surface area contributed by atoms with Crippen LogP contribution in [-0.2, 0) is 6.54 Å². The summed E-state index contributed by atoms with van der Waals surface area (Å²) in [4.78, 5) is 16.0. The highest BCUT2D eigenvalue weighted by Gasteiger charge is 2.21. The van der Waals surface area contributed by atoms with Crippen molar-refractivity contribution < 1.29 is 9.52 Å². The summed E-state index contributed by atoms with van der Waals surface area (Å²) in [6.45, 7) is 5.42. The predicted octanol–water partition coefficient (Wildman–Crippen LogP) is 2.63. The second-order valence-electron chi connectivity index (χ2n) is 5.71. The van der Waals surface area contributed by atoms with Gasteiger partial charge in [-0.05, 0) is 19.1 Å². The first-order chi connectivity index (χ1) is 11.0. The predicted molar refractivity (Wildman–Crippen MR) is 90.3 cm³/mol. The Labute approximate surface area is 139 Å². The monoisotopic (exact) mass is 334 g/mol. The fourth-order valence-corrected chi connectivity index (χ4v) is 3.08. The fraction of sp³-hybridized carbons (Fsp3) is 0.353. The summed E-state index contributed by atoms with van der Waals surface area (Å²) in [7, 11) is 0. The van der Waals surface area contributed by atoms with Crippen molar-refractivity contribution in [2.75, 3.05) is 31.1 Å². The summed E-state index contributed by atoms with van der Waals surface area (Å²) in [5.41, 5.74) is 0.650. The molecule has 122 valence electrons. The molecule has 0 saturated carbocycles. The molecule has 1 aliphatic heterocycles. The lowest BCUT2D eigenvalue weighted by Crippen LogP contribution is -2.46. The average Bonchev–Trinajstić information content (AvgIpc) is 2.53. The van der Waals surface area contributed by atoms with Gasteiger partial charge in [-0.3, -0.25) is 9.69 Å². The molecule has 0 spiro atoms. The van der Waals surface area contributed by atoms with Gasteiger partial charge < -0.3 is 14.4 Å². The summed E-state index contributed by atoms with van der Waals surface area (Å²) in [6, 6.07) is 9.11. The number of hydrogen-bond donors (Lipinski definition) is 1. The zero-order valence-electron chi connectivity index (χ0n) is 13.0. The van der Waals surface area contributed by atoms with E-state index in [-0.39, 0.29) is 5.75 Å². The summed E-state index contributed by atoms with van der Waals surface area (Å²) >= 11 is 6.24. The van der Waals surface area contributed by atoms with Crippen LogP contribution in [0.1, 0.15) is 11.5 Å². The molecule has 23 heavy (non-hydrogen) atoms. The first-order valence-corrected chi connectivity index (χ1v) is 7.97. The Kier molecular flexibility index (Phi) is 4.59. The van der Waals surface area contributed by atoms with Crippen molar-refractivity contribution in [2.24, 2.45) is 0 Å². The van der Waals surface area contributed by atoms with Crippen LogP contribution in [0.4, 0.5) is 5.69 Å². The second kappa shape index (κ2) is 6.64. The Morgan fingerprint density at radius 3 is 2.61 bits per heavy atom. The number of halogens is 1. The highest BCUT2D eigenvalue weighted by atomic mass is 35.5. The van der Waals surface area contributed by atoms with Gasteiger partial charge in [-0.2, -0.15) is 0 Å². The van der Waals surface area contributed by atoms with E-state index >= 15 is 0 Å². The molecule has 0 unspecified atom stereocenters. The van der Waals surface area contributed by atoms with Gasteiger partial charge in [0.15, 0.2) is 5.76 Å². The van der Waals surface area contributed by atoms with E-state index in [0.29, 0.717) is 18.1 Å². The molecule has 1 aromatic carbocycles. The Morgan fingerprint density at radius 1 is 1.22 bits per heavy atom. The molecule has 2 heterocycles. The maximum absolute atomic E-state index is 11.6. The van der Waals surface area contributed by atoms with Crippen LogP contribution in [0.3, 0.4) is 0 Å². The number of para-hydroxylation sites is 1. The molecule has 1 aliphatic rings. The van der Waals surface area contributed by atoms with Gasteiger partial charge in [0.2, 0.25) is 11.2 Å². The number of aromatic hydroxyl groups is 1. The SMILES string of the molecule is Cc1cc(=O)c(O)c(CN2CCN(c3ccccc3Cl)CC2)o1.